The van der Waals surface area contributed by atoms with Crippen LogP contribution < -0.4 is 0 Å². The Labute approximate surface area is 96.0 Å². The summed E-state index contributed by atoms with van der Waals surface area (Å²) in [5.74, 6) is 0. The minimum atomic E-state index is 0.314. The lowest BCUT2D eigenvalue weighted by Crippen LogP contribution is -2.13. The number of ether oxygens (including phenoxy) is 2. The summed E-state index contributed by atoms with van der Waals surface area (Å²) in [4.78, 5) is 0.984. The molecule has 1 aliphatic heterocycles. The van der Waals surface area contributed by atoms with Gasteiger partial charge in [-0.1, -0.05) is 12.1 Å². The fourth-order valence-corrected chi connectivity index (χ4v) is 1.83. The van der Waals surface area contributed by atoms with E-state index in [1.807, 2.05) is 24.3 Å². The van der Waals surface area contributed by atoms with Gasteiger partial charge < -0.3 is 9.47 Å². The topological polar surface area (TPSA) is 18.5 Å². The van der Waals surface area contributed by atoms with Gasteiger partial charge in [-0.05, 0) is 30.5 Å². The van der Waals surface area contributed by atoms with Crippen molar-refractivity contribution in [3.05, 3.63) is 29.8 Å². The fraction of sp³-hybridized carbons (Fsp3) is 0.500. The van der Waals surface area contributed by atoms with E-state index < -0.39 is 0 Å². The maximum Gasteiger partial charge on any atom is 0.0809 e. The van der Waals surface area contributed by atoms with Crippen molar-refractivity contribution in [1.82, 2.24) is 0 Å². The third-order valence-electron chi connectivity index (χ3n) is 2.53. The second-order valence-corrected chi connectivity index (χ2v) is 4.33. The van der Waals surface area contributed by atoms with E-state index in [4.69, 9.17) is 9.47 Å². The number of hydrogen-bond acceptors (Lipinski definition) is 3. The van der Waals surface area contributed by atoms with Crippen LogP contribution in [0.2, 0.25) is 0 Å². The van der Waals surface area contributed by atoms with Gasteiger partial charge in [0.2, 0.25) is 0 Å². The maximum atomic E-state index is 5.59. The summed E-state index contributed by atoms with van der Waals surface area (Å²) in [5.41, 5.74) is 1.19. The molecule has 0 saturated carbocycles. The second kappa shape index (κ2) is 5.54. The molecule has 0 N–H and O–H groups in total. The van der Waals surface area contributed by atoms with Crippen LogP contribution in [0.1, 0.15) is 18.4 Å². The van der Waals surface area contributed by atoms with E-state index in [1.54, 1.807) is 0 Å². The van der Waals surface area contributed by atoms with E-state index >= 15 is 0 Å². The molecule has 1 saturated heterocycles. The van der Waals surface area contributed by atoms with Gasteiger partial charge in [-0.25, -0.2) is 0 Å². The van der Waals surface area contributed by atoms with Crippen LogP contribution in [-0.2, 0) is 16.1 Å². The molecule has 15 heavy (non-hydrogen) atoms. The molecule has 0 aromatic heterocycles. The Morgan fingerprint density at radius 1 is 1.33 bits per heavy atom. The molecule has 1 fully saturated rings. The first kappa shape index (κ1) is 11.0. The third-order valence-corrected chi connectivity index (χ3v) is 2.83. The lowest BCUT2D eigenvalue weighted by molar-refractivity contribution is 0.0106. The number of benzene rings is 1. The van der Waals surface area contributed by atoms with Gasteiger partial charge in [0.25, 0.3) is 0 Å². The van der Waals surface area contributed by atoms with Crippen LogP contribution in [0.25, 0.3) is 0 Å². The van der Waals surface area contributed by atoms with Crippen LogP contribution >= 0.6 is 12.6 Å². The molecule has 3 heteroatoms. The van der Waals surface area contributed by atoms with Crippen molar-refractivity contribution < 1.29 is 9.47 Å². The molecule has 1 heterocycles. The van der Waals surface area contributed by atoms with Crippen molar-refractivity contribution >= 4 is 12.6 Å². The Hall–Kier alpha value is -0.510. The first-order valence-corrected chi connectivity index (χ1v) is 5.76. The summed E-state index contributed by atoms with van der Waals surface area (Å²) < 4.78 is 11.1. The van der Waals surface area contributed by atoms with Gasteiger partial charge in [-0.2, -0.15) is 0 Å². The number of rotatable bonds is 4. The van der Waals surface area contributed by atoms with Gasteiger partial charge in [0.1, 0.15) is 0 Å². The van der Waals surface area contributed by atoms with Gasteiger partial charge in [0, 0.05) is 11.5 Å². The summed E-state index contributed by atoms with van der Waals surface area (Å²) in [6.07, 6.45) is 2.62. The zero-order valence-electron chi connectivity index (χ0n) is 8.69. The normalized spacial score (nSPS) is 20.7. The highest BCUT2D eigenvalue weighted by molar-refractivity contribution is 7.80. The van der Waals surface area contributed by atoms with E-state index in [-0.39, 0.29) is 0 Å². The van der Waals surface area contributed by atoms with Crippen molar-refractivity contribution in [2.75, 3.05) is 13.2 Å². The Balaban J connectivity index is 1.71. The Kier molecular flexibility index (Phi) is 4.06. The molecule has 2 nitrogen and oxygen atoms in total. The zero-order valence-corrected chi connectivity index (χ0v) is 9.58. The van der Waals surface area contributed by atoms with Gasteiger partial charge in [-0.3, -0.25) is 0 Å². The van der Waals surface area contributed by atoms with Crippen molar-refractivity contribution in [2.24, 2.45) is 0 Å². The highest BCUT2D eigenvalue weighted by Crippen LogP contribution is 2.13. The minimum Gasteiger partial charge on any atom is -0.376 e. The second-order valence-electron chi connectivity index (χ2n) is 3.82. The van der Waals surface area contributed by atoms with Crippen LogP contribution in [0, 0.1) is 0 Å². The Bertz CT molecular complexity index is 291. The molecule has 1 aromatic carbocycles. The van der Waals surface area contributed by atoms with Crippen LogP contribution in [-0.4, -0.2) is 19.3 Å². The first-order valence-electron chi connectivity index (χ1n) is 5.32. The fourth-order valence-electron chi connectivity index (χ4n) is 1.68. The van der Waals surface area contributed by atoms with Crippen molar-refractivity contribution in [2.45, 2.75) is 30.4 Å². The van der Waals surface area contributed by atoms with Gasteiger partial charge >= 0.3 is 0 Å². The Morgan fingerprint density at radius 3 is 2.80 bits per heavy atom. The molecular weight excluding hydrogens is 208 g/mol. The predicted molar refractivity (Wildman–Crippen MR) is 62.3 cm³/mol. The van der Waals surface area contributed by atoms with Gasteiger partial charge in [-0.15, -0.1) is 12.6 Å². The molecule has 0 bridgehead atoms. The van der Waals surface area contributed by atoms with Gasteiger partial charge in [0.05, 0.1) is 19.3 Å². The highest BCUT2D eigenvalue weighted by Gasteiger charge is 2.14. The first-order chi connectivity index (χ1) is 7.34. The molecule has 82 valence electrons. The van der Waals surface area contributed by atoms with Crippen molar-refractivity contribution in [3.8, 4) is 0 Å². The molecule has 1 atom stereocenters. The molecule has 0 amide bonds. The lowest BCUT2D eigenvalue weighted by Gasteiger charge is -2.09. The predicted octanol–water partition coefficient (Wildman–Crippen LogP) is 2.67. The zero-order chi connectivity index (χ0) is 10.5. The largest absolute Gasteiger partial charge is 0.376 e. The highest BCUT2D eigenvalue weighted by atomic mass is 32.1. The van der Waals surface area contributed by atoms with Crippen LogP contribution in [0.15, 0.2) is 29.2 Å². The molecule has 1 aliphatic rings. The number of thiol groups is 1. The smallest absolute Gasteiger partial charge is 0.0809 e. The summed E-state index contributed by atoms with van der Waals surface area (Å²) in [6, 6.07) is 8.04. The molecule has 0 radical (unpaired) electrons. The maximum absolute atomic E-state index is 5.59. The minimum absolute atomic E-state index is 0.314. The molecule has 0 aliphatic carbocycles. The van der Waals surface area contributed by atoms with E-state index in [0.717, 1.165) is 17.9 Å². The average Bonchev–Trinajstić information content (AvgIpc) is 2.74. The van der Waals surface area contributed by atoms with Crippen LogP contribution in [0.5, 0.6) is 0 Å². The molecule has 1 aromatic rings. The molecule has 0 unspecified atom stereocenters. The summed E-state index contributed by atoms with van der Waals surface area (Å²) in [7, 11) is 0. The Morgan fingerprint density at radius 2 is 2.13 bits per heavy atom. The van der Waals surface area contributed by atoms with E-state index in [1.165, 1.54) is 12.0 Å². The molecule has 2 rings (SSSR count). The SMILES string of the molecule is Sc1ccc(COC[C@@H]2CCCO2)cc1. The number of hydrogen-bond donors (Lipinski definition) is 1. The van der Waals surface area contributed by atoms with Crippen LogP contribution in [0.3, 0.4) is 0 Å². The van der Waals surface area contributed by atoms with E-state index in [2.05, 4.69) is 12.6 Å². The van der Waals surface area contributed by atoms with Gasteiger partial charge in [0.15, 0.2) is 0 Å². The summed E-state index contributed by atoms with van der Waals surface area (Å²) >= 11 is 4.23. The third kappa shape index (κ3) is 3.52. The average molecular weight is 224 g/mol. The van der Waals surface area contributed by atoms with E-state index in [0.29, 0.717) is 19.3 Å². The summed E-state index contributed by atoms with van der Waals surface area (Å²) in [5, 5.41) is 0. The quantitative estimate of drug-likeness (QED) is 0.793. The van der Waals surface area contributed by atoms with Crippen molar-refractivity contribution in [1.29, 1.82) is 0 Å². The standard InChI is InChI=1S/C12H16O2S/c15-12-5-3-10(4-6-12)8-13-9-11-2-1-7-14-11/h3-6,11,15H,1-2,7-9H2/t11-/m0/s1. The molecular formula is C12H16O2S. The molecule has 0 spiro atoms. The lowest BCUT2D eigenvalue weighted by atomic mass is 10.2. The van der Waals surface area contributed by atoms with Crippen LogP contribution in [0.4, 0.5) is 0 Å². The van der Waals surface area contributed by atoms with E-state index in [9.17, 15) is 0 Å². The van der Waals surface area contributed by atoms with Crippen molar-refractivity contribution in [3.63, 3.8) is 0 Å². The monoisotopic (exact) mass is 224 g/mol. The summed E-state index contributed by atoms with van der Waals surface area (Å²) in [6.45, 7) is 2.26.